The summed E-state index contributed by atoms with van der Waals surface area (Å²) in [6, 6.07) is 1.59. The smallest absolute Gasteiger partial charge is 0.325 e. The number of carbonyl (C=O) groups is 2. The van der Waals surface area contributed by atoms with Crippen LogP contribution in [-0.4, -0.2) is 41.5 Å². The molecule has 0 bridgehead atoms. The third-order valence-corrected chi connectivity index (χ3v) is 3.27. The highest BCUT2D eigenvalue weighted by Gasteiger charge is 2.23. The fraction of sp³-hybridized carbons (Fsp3) is 0.500. The molecule has 7 heteroatoms. The minimum Gasteiger partial charge on any atom is -0.465 e. The highest BCUT2D eigenvalue weighted by atomic mass is 79.9. The van der Waals surface area contributed by atoms with Crippen LogP contribution < -0.4 is 0 Å². The molecule has 0 atom stereocenters. The maximum absolute atomic E-state index is 12.6. The minimum atomic E-state index is -0.439. The average Bonchev–Trinajstić information content (AvgIpc) is 2.39. The van der Waals surface area contributed by atoms with E-state index in [2.05, 4.69) is 20.9 Å². The molecule has 0 aromatic carbocycles. The van der Waals surface area contributed by atoms with Gasteiger partial charge in [-0.2, -0.15) is 0 Å². The first kappa shape index (κ1) is 17.9. The zero-order chi connectivity index (χ0) is 16.0. The van der Waals surface area contributed by atoms with Gasteiger partial charge in [0.15, 0.2) is 0 Å². The number of ether oxygens (including phenoxy) is 1. The summed E-state index contributed by atoms with van der Waals surface area (Å²) < 4.78 is 5.55. The molecule has 1 amide bonds. The number of carbonyl (C=O) groups excluding carboxylic acids is 2. The van der Waals surface area contributed by atoms with Crippen molar-refractivity contribution >= 4 is 39.4 Å². The molecule has 1 heterocycles. The molecule has 0 radical (unpaired) electrons. The number of nitrogens with zero attached hydrogens (tertiary/aromatic N) is 2. The topological polar surface area (TPSA) is 59.5 Å². The summed E-state index contributed by atoms with van der Waals surface area (Å²) in [4.78, 5) is 29.6. The van der Waals surface area contributed by atoms with E-state index in [0.29, 0.717) is 11.0 Å². The molecule has 21 heavy (non-hydrogen) atoms. The van der Waals surface area contributed by atoms with E-state index in [9.17, 15) is 9.59 Å². The second-order valence-electron chi connectivity index (χ2n) is 4.88. The number of pyridine rings is 1. The monoisotopic (exact) mass is 376 g/mol. The number of hydrogen-bond donors (Lipinski definition) is 0. The Morgan fingerprint density at radius 2 is 2.14 bits per heavy atom. The van der Waals surface area contributed by atoms with Gasteiger partial charge in [-0.25, -0.2) is 4.98 Å². The first-order chi connectivity index (χ1) is 9.85. The van der Waals surface area contributed by atoms with Gasteiger partial charge in [-0.3, -0.25) is 9.59 Å². The Morgan fingerprint density at radius 3 is 2.71 bits per heavy atom. The lowest BCUT2D eigenvalue weighted by atomic mass is 10.1. The van der Waals surface area contributed by atoms with Crippen molar-refractivity contribution in [2.24, 2.45) is 5.92 Å². The number of rotatable bonds is 6. The third kappa shape index (κ3) is 5.63. The summed E-state index contributed by atoms with van der Waals surface area (Å²) in [6.45, 7) is 6.26. The molecule has 0 unspecified atom stereocenters. The average molecular weight is 378 g/mol. The summed E-state index contributed by atoms with van der Waals surface area (Å²) >= 11 is 9.23. The Balaban J connectivity index is 2.98. The quantitative estimate of drug-likeness (QED) is 0.564. The van der Waals surface area contributed by atoms with Crippen molar-refractivity contribution in [1.82, 2.24) is 9.88 Å². The standard InChI is InChI=1S/C14H18BrClN2O3/c1-4-21-12(19)8-18(7-9(2)3)14(20)11-5-10(15)6-17-13(11)16/h5-6,9H,4,7-8H2,1-3H3. The van der Waals surface area contributed by atoms with Crippen molar-refractivity contribution in [3.63, 3.8) is 0 Å². The van der Waals surface area contributed by atoms with Crippen LogP contribution in [0.3, 0.4) is 0 Å². The molecule has 1 aromatic heterocycles. The molecule has 1 aromatic rings. The van der Waals surface area contributed by atoms with Crippen molar-refractivity contribution in [3.05, 3.63) is 27.5 Å². The second kappa shape index (κ2) is 8.34. The van der Waals surface area contributed by atoms with Crippen molar-refractivity contribution in [2.45, 2.75) is 20.8 Å². The van der Waals surface area contributed by atoms with Gasteiger partial charge in [0.1, 0.15) is 11.7 Å². The van der Waals surface area contributed by atoms with Crippen LogP contribution in [0.4, 0.5) is 0 Å². The normalized spacial score (nSPS) is 10.6. The van der Waals surface area contributed by atoms with Crippen molar-refractivity contribution in [2.75, 3.05) is 19.7 Å². The Labute approximate surface area is 137 Å². The van der Waals surface area contributed by atoms with Crippen molar-refractivity contribution in [3.8, 4) is 0 Å². The lowest BCUT2D eigenvalue weighted by Gasteiger charge is -2.24. The summed E-state index contributed by atoms with van der Waals surface area (Å²) in [6.07, 6.45) is 1.51. The van der Waals surface area contributed by atoms with E-state index in [1.165, 1.54) is 11.1 Å². The predicted octanol–water partition coefficient (Wildman–Crippen LogP) is 3.16. The second-order valence-corrected chi connectivity index (χ2v) is 6.15. The van der Waals surface area contributed by atoms with E-state index >= 15 is 0 Å². The summed E-state index contributed by atoms with van der Waals surface area (Å²) in [5.74, 6) is -0.566. The fourth-order valence-electron chi connectivity index (χ4n) is 1.77. The maximum atomic E-state index is 12.6. The van der Waals surface area contributed by atoms with Gasteiger partial charge < -0.3 is 9.64 Å². The third-order valence-electron chi connectivity index (χ3n) is 2.53. The van der Waals surface area contributed by atoms with Crippen LogP contribution in [0.15, 0.2) is 16.7 Å². The van der Waals surface area contributed by atoms with Gasteiger partial charge >= 0.3 is 5.97 Å². The first-order valence-corrected chi connectivity index (χ1v) is 7.78. The van der Waals surface area contributed by atoms with E-state index in [4.69, 9.17) is 16.3 Å². The molecule has 0 saturated carbocycles. The van der Waals surface area contributed by atoms with Crippen molar-refractivity contribution < 1.29 is 14.3 Å². The number of esters is 1. The molecule has 5 nitrogen and oxygen atoms in total. The Morgan fingerprint density at radius 1 is 1.48 bits per heavy atom. The maximum Gasteiger partial charge on any atom is 0.325 e. The van der Waals surface area contributed by atoms with Crippen LogP contribution in [0.25, 0.3) is 0 Å². The number of aromatic nitrogens is 1. The zero-order valence-corrected chi connectivity index (χ0v) is 14.6. The Kier molecular flexibility index (Phi) is 7.11. The van der Waals surface area contributed by atoms with Gasteiger partial charge in [-0.05, 0) is 34.8 Å². The molecule has 0 spiro atoms. The lowest BCUT2D eigenvalue weighted by molar-refractivity contribution is -0.143. The van der Waals surface area contributed by atoms with Crippen LogP contribution in [0.5, 0.6) is 0 Å². The summed E-state index contributed by atoms with van der Waals surface area (Å²) in [5.41, 5.74) is 0.260. The number of hydrogen-bond acceptors (Lipinski definition) is 4. The van der Waals surface area contributed by atoms with Crippen LogP contribution in [-0.2, 0) is 9.53 Å². The van der Waals surface area contributed by atoms with Gasteiger partial charge in [-0.1, -0.05) is 25.4 Å². The zero-order valence-electron chi connectivity index (χ0n) is 12.2. The number of amides is 1. The molecule has 116 valence electrons. The van der Waals surface area contributed by atoms with Gasteiger partial charge in [0.2, 0.25) is 0 Å². The SMILES string of the molecule is CCOC(=O)CN(CC(C)C)C(=O)c1cc(Br)cnc1Cl. The van der Waals surface area contributed by atoms with E-state index in [-0.39, 0.29) is 35.7 Å². The largest absolute Gasteiger partial charge is 0.465 e. The molecule has 0 N–H and O–H groups in total. The van der Waals surface area contributed by atoms with Gasteiger partial charge in [0.05, 0.1) is 12.2 Å². The first-order valence-electron chi connectivity index (χ1n) is 6.61. The Bertz CT molecular complexity index is 523. The fourth-order valence-corrected chi connectivity index (χ4v) is 2.28. The summed E-state index contributed by atoms with van der Waals surface area (Å²) in [5, 5.41) is 0.112. The molecule has 0 fully saturated rings. The minimum absolute atomic E-state index is 0.103. The molecular weight excluding hydrogens is 360 g/mol. The van der Waals surface area contributed by atoms with Crippen LogP contribution in [0.1, 0.15) is 31.1 Å². The molecule has 0 saturated heterocycles. The molecule has 1 rings (SSSR count). The van der Waals surface area contributed by atoms with E-state index in [1.807, 2.05) is 13.8 Å². The highest BCUT2D eigenvalue weighted by molar-refractivity contribution is 9.10. The van der Waals surface area contributed by atoms with Gasteiger partial charge in [0.25, 0.3) is 5.91 Å². The van der Waals surface area contributed by atoms with Crippen LogP contribution in [0.2, 0.25) is 5.15 Å². The van der Waals surface area contributed by atoms with E-state index < -0.39 is 5.97 Å². The van der Waals surface area contributed by atoms with Crippen molar-refractivity contribution in [1.29, 1.82) is 0 Å². The molecule has 0 aliphatic heterocycles. The summed E-state index contributed by atoms with van der Waals surface area (Å²) in [7, 11) is 0. The Hall–Kier alpha value is -1.14. The predicted molar refractivity (Wildman–Crippen MR) is 84.3 cm³/mol. The molecule has 0 aliphatic carbocycles. The van der Waals surface area contributed by atoms with E-state index in [0.717, 1.165) is 0 Å². The van der Waals surface area contributed by atoms with E-state index in [1.54, 1.807) is 13.0 Å². The number of halogens is 2. The van der Waals surface area contributed by atoms with Crippen LogP contribution >= 0.6 is 27.5 Å². The van der Waals surface area contributed by atoms with Gasteiger partial charge in [0, 0.05) is 17.2 Å². The van der Waals surface area contributed by atoms with Gasteiger partial charge in [-0.15, -0.1) is 0 Å². The molecular formula is C14H18BrClN2O3. The highest BCUT2D eigenvalue weighted by Crippen LogP contribution is 2.20. The van der Waals surface area contributed by atoms with Crippen LogP contribution in [0, 0.1) is 5.92 Å². The lowest BCUT2D eigenvalue weighted by Crippen LogP contribution is -2.39. The molecule has 0 aliphatic rings.